The van der Waals surface area contributed by atoms with Crippen molar-refractivity contribution in [3.8, 4) is 0 Å². The predicted molar refractivity (Wildman–Crippen MR) is 71.5 cm³/mol. The van der Waals surface area contributed by atoms with Crippen LogP contribution in [0.25, 0.3) is 0 Å². The van der Waals surface area contributed by atoms with Gasteiger partial charge in [0.15, 0.2) is 0 Å². The number of nitrogens with one attached hydrogen (secondary N) is 1. The fourth-order valence-electron chi connectivity index (χ4n) is 3.31. The summed E-state index contributed by atoms with van der Waals surface area (Å²) < 4.78 is 5.28. The van der Waals surface area contributed by atoms with E-state index in [9.17, 15) is 4.79 Å². The number of piperidine rings is 1. The molecule has 18 heavy (non-hydrogen) atoms. The number of rotatable bonds is 6. The molecule has 0 spiro atoms. The maximum absolute atomic E-state index is 12.2. The molecule has 2 aliphatic heterocycles. The number of ether oxygens (including phenoxy) is 1. The Morgan fingerprint density at radius 2 is 1.94 bits per heavy atom. The summed E-state index contributed by atoms with van der Waals surface area (Å²) in [7, 11) is 0. The molecule has 2 aliphatic rings. The van der Waals surface area contributed by atoms with Gasteiger partial charge in [-0.15, -0.1) is 0 Å². The van der Waals surface area contributed by atoms with E-state index in [-0.39, 0.29) is 12.5 Å². The van der Waals surface area contributed by atoms with Gasteiger partial charge in [0.25, 0.3) is 0 Å². The highest BCUT2D eigenvalue weighted by molar-refractivity contribution is 5.77. The Kier molecular flexibility index (Phi) is 5.01. The third kappa shape index (κ3) is 3.23. The van der Waals surface area contributed by atoms with E-state index in [1.807, 2.05) is 6.92 Å². The molecule has 0 aromatic carbocycles. The van der Waals surface area contributed by atoms with Gasteiger partial charge in [0.05, 0.1) is 0 Å². The maximum atomic E-state index is 12.2. The first-order valence-corrected chi connectivity index (χ1v) is 7.37. The van der Waals surface area contributed by atoms with Gasteiger partial charge < -0.3 is 15.0 Å². The zero-order valence-electron chi connectivity index (χ0n) is 11.7. The number of nitrogens with zero attached hydrogens (tertiary/aromatic N) is 1. The summed E-state index contributed by atoms with van der Waals surface area (Å²) in [6.45, 7) is 5.80. The van der Waals surface area contributed by atoms with Crippen molar-refractivity contribution >= 4 is 5.91 Å². The average molecular weight is 254 g/mol. The molecule has 0 aromatic heterocycles. The standard InChI is InChI=1S/C14H26N2O2/c1-3-7-16(14(17)10-18-4-2)13-8-11-5-6-12(9-13)15-11/h11-13,15H,3-10H2,1-2H3. The van der Waals surface area contributed by atoms with Crippen LogP contribution >= 0.6 is 0 Å². The number of carbonyl (C=O) groups excluding carboxylic acids is 1. The molecule has 1 N–H and O–H groups in total. The van der Waals surface area contributed by atoms with E-state index < -0.39 is 0 Å². The summed E-state index contributed by atoms with van der Waals surface area (Å²) in [5.41, 5.74) is 0. The molecular formula is C14H26N2O2. The third-order valence-electron chi connectivity index (χ3n) is 4.10. The Hall–Kier alpha value is -0.610. The normalized spacial score (nSPS) is 30.4. The summed E-state index contributed by atoms with van der Waals surface area (Å²) in [4.78, 5) is 14.3. The van der Waals surface area contributed by atoms with Gasteiger partial charge in [-0.25, -0.2) is 0 Å². The number of hydrogen-bond donors (Lipinski definition) is 1. The Labute approximate surface area is 110 Å². The number of amides is 1. The molecule has 2 unspecified atom stereocenters. The fourth-order valence-corrected chi connectivity index (χ4v) is 3.31. The van der Waals surface area contributed by atoms with Crippen LogP contribution in [0.1, 0.15) is 46.0 Å². The van der Waals surface area contributed by atoms with Crippen LogP contribution in [0.5, 0.6) is 0 Å². The lowest BCUT2D eigenvalue weighted by Crippen LogP contribution is -2.51. The Balaban J connectivity index is 1.94. The van der Waals surface area contributed by atoms with Gasteiger partial charge in [-0.05, 0) is 39.0 Å². The van der Waals surface area contributed by atoms with Crippen molar-refractivity contribution < 1.29 is 9.53 Å². The molecular weight excluding hydrogens is 228 g/mol. The predicted octanol–water partition coefficient (Wildman–Crippen LogP) is 1.54. The van der Waals surface area contributed by atoms with Crippen molar-refractivity contribution in [3.05, 3.63) is 0 Å². The summed E-state index contributed by atoms with van der Waals surface area (Å²) in [6, 6.07) is 1.69. The molecule has 0 saturated carbocycles. The minimum absolute atomic E-state index is 0.171. The molecule has 0 aliphatic carbocycles. The van der Waals surface area contributed by atoms with Crippen molar-refractivity contribution in [2.75, 3.05) is 19.8 Å². The Bertz CT molecular complexity index is 271. The van der Waals surface area contributed by atoms with Gasteiger partial charge in [0.2, 0.25) is 5.91 Å². The highest BCUT2D eigenvalue weighted by Crippen LogP contribution is 2.29. The van der Waals surface area contributed by atoms with E-state index >= 15 is 0 Å². The SMILES string of the molecule is CCCN(C(=O)COCC)C1CC2CCC(C1)N2. The first kappa shape index (κ1) is 13.8. The number of hydrogen-bond acceptors (Lipinski definition) is 3. The van der Waals surface area contributed by atoms with Crippen LogP contribution in [0.4, 0.5) is 0 Å². The largest absolute Gasteiger partial charge is 0.372 e. The van der Waals surface area contributed by atoms with E-state index in [4.69, 9.17) is 4.74 Å². The number of carbonyl (C=O) groups is 1. The van der Waals surface area contributed by atoms with Crippen LogP contribution in [0, 0.1) is 0 Å². The minimum Gasteiger partial charge on any atom is -0.372 e. The molecule has 0 aromatic rings. The first-order valence-electron chi connectivity index (χ1n) is 7.37. The third-order valence-corrected chi connectivity index (χ3v) is 4.10. The molecule has 4 heteroatoms. The maximum Gasteiger partial charge on any atom is 0.248 e. The second kappa shape index (κ2) is 6.53. The van der Waals surface area contributed by atoms with Crippen LogP contribution in [0.15, 0.2) is 0 Å². The topological polar surface area (TPSA) is 41.6 Å². The van der Waals surface area contributed by atoms with Gasteiger partial charge in [-0.3, -0.25) is 4.79 Å². The second-order valence-corrected chi connectivity index (χ2v) is 5.49. The van der Waals surface area contributed by atoms with Crippen molar-refractivity contribution in [1.29, 1.82) is 0 Å². The van der Waals surface area contributed by atoms with E-state index in [1.54, 1.807) is 0 Å². The van der Waals surface area contributed by atoms with Gasteiger partial charge in [0.1, 0.15) is 6.61 Å². The van der Waals surface area contributed by atoms with Gasteiger partial charge in [-0.2, -0.15) is 0 Å². The highest BCUT2D eigenvalue weighted by Gasteiger charge is 2.37. The quantitative estimate of drug-likeness (QED) is 0.782. The van der Waals surface area contributed by atoms with Crippen molar-refractivity contribution in [2.24, 2.45) is 0 Å². The zero-order chi connectivity index (χ0) is 13.0. The Morgan fingerprint density at radius 3 is 2.50 bits per heavy atom. The first-order chi connectivity index (χ1) is 8.74. The van der Waals surface area contributed by atoms with Gasteiger partial charge in [-0.1, -0.05) is 6.92 Å². The molecule has 0 radical (unpaired) electrons. The summed E-state index contributed by atoms with van der Waals surface area (Å²) in [6.07, 6.45) is 5.82. The van der Waals surface area contributed by atoms with Gasteiger partial charge >= 0.3 is 0 Å². The van der Waals surface area contributed by atoms with E-state index in [0.29, 0.717) is 24.7 Å². The van der Waals surface area contributed by atoms with E-state index in [0.717, 1.165) is 25.8 Å². The summed E-state index contributed by atoms with van der Waals surface area (Å²) >= 11 is 0. The lowest BCUT2D eigenvalue weighted by atomic mass is 9.98. The zero-order valence-corrected chi connectivity index (χ0v) is 11.7. The minimum atomic E-state index is 0.171. The van der Waals surface area contributed by atoms with Crippen LogP contribution < -0.4 is 5.32 Å². The van der Waals surface area contributed by atoms with E-state index in [1.165, 1.54) is 12.8 Å². The molecule has 2 atom stereocenters. The van der Waals surface area contributed by atoms with Crippen LogP contribution in [0.2, 0.25) is 0 Å². The monoisotopic (exact) mass is 254 g/mol. The number of fused-ring (bicyclic) bond motifs is 2. The average Bonchev–Trinajstić information content (AvgIpc) is 2.72. The second-order valence-electron chi connectivity index (χ2n) is 5.49. The Morgan fingerprint density at radius 1 is 1.28 bits per heavy atom. The van der Waals surface area contributed by atoms with E-state index in [2.05, 4.69) is 17.1 Å². The molecule has 4 nitrogen and oxygen atoms in total. The fraction of sp³-hybridized carbons (Fsp3) is 0.929. The molecule has 1 amide bonds. The lowest BCUT2D eigenvalue weighted by molar-refractivity contribution is -0.139. The molecule has 2 saturated heterocycles. The molecule has 2 fully saturated rings. The van der Waals surface area contributed by atoms with Crippen molar-refractivity contribution in [2.45, 2.75) is 64.1 Å². The van der Waals surface area contributed by atoms with Crippen molar-refractivity contribution in [3.63, 3.8) is 0 Å². The molecule has 2 bridgehead atoms. The lowest BCUT2D eigenvalue weighted by Gasteiger charge is -2.37. The molecule has 2 heterocycles. The van der Waals surface area contributed by atoms with Crippen LogP contribution in [-0.4, -0.2) is 48.7 Å². The summed E-state index contributed by atoms with van der Waals surface area (Å²) in [5, 5.41) is 3.63. The summed E-state index contributed by atoms with van der Waals surface area (Å²) in [5.74, 6) is 0.171. The van der Waals surface area contributed by atoms with Crippen molar-refractivity contribution in [1.82, 2.24) is 10.2 Å². The van der Waals surface area contributed by atoms with Crippen LogP contribution in [-0.2, 0) is 9.53 Å². The molecule has 104 valence electrons. The highest BCUT2D eigenvalue weighted by atomic mass is 16.5. The molecule has 2 rings (SSSR count). The van der Waals surface area contributed by atoms with Gasteiger partial charge in [0, 0.05) is 31.3 Å². The van der Waals surface area contributed by atoms with Crippen LogP contribution in [0.3, 0.4) is 0 Å². The smallest absolute Gasteiger partial charge is 0.248 e.